The van der Waals surface area contributed by atoms with Crippen molar-refractivity contribution < 1.29 is 19.5 Å². The van der Waals surface area contributed by atoms with Crippen LogP contribution in [0.3, 0.4) is 0 Å². The molecule has 0 aliphatic rings. The topological polar surface area (TPSA) is 98.7 Å². The molecule has 3 amide bonds. The fourth-order valence-corrected chi connectivity index (χ4v) is 2.70. The van der Waals surface area contributed by atoms with Gasteiger partial charge in [0.05, 0.1) is 5.92 Å². The smallest absolute Gasteiger partial charge is 0.317 e. The van der Waals surface area contributed by atoms with Gasteiger partial charge in [-0.1, -0.05) is 48.9 Å². The van der Waals surface area contributed by atoms with Gasteiger partial charge in [0.15, 0.2) is 0 Å². The van der Waals surface area contributed by atoms with Gasteiger partial charge in [-0.25, -0.2) is 4.79 Å². The summed E-state index contributed by atoms with van der Waals surface area (Å²) < 4.78 is 0. The molecule has 0 fully saturated rings. The van der Waals surface area contributed by atoms with E-state index in [2.05, 4.69) is 10.6 Å². The largest absolute Gasteiger partial charge is 0.481 e. The number of amides is 3. The Balaban J connectivity index is 1.88. The average Bonchev–Trinajstić information content (AvgIpc) is 2.71. The zero-order valence-corrected chi connectivity index (χ0v) is 16.9. The van der Waals surface area contributed by atoms with E-state index in [4.69, 9.17) is 5.11 Å². The van der Waals surface area contributed by atoms with Crippen LogP contribution in [0.4, 0.5) is 4.79 Å². The number of nitrogens with one attached hydrogen (secondary N) is 2. The number of hydrogen-bond donors (Lipinski definition) is 3. The molecule has 0 saturated carbocycles. The minimum absolute atomic E-state index is 0.114. The Morgan fingerprint density at radius 3 is 2.31 bits per heavy atom. The molecular formula is C22H27N3O4. The lowest BCUT2D eigenvalue weighted by molar-refractivity contribution is -0.141. The number of aryl methyl sites for hydroxylation is 1. The monoisotopic (exact) mass is 397 g/mol. The Labute approximate surface area is 170 Å². The molecule has 0 saturated heterocycles. The predicted octanol–water partition coefficient (Wildman–Crippen LogP) is 2.79. The van der Waals surface area contributed by atoms with Crippen LogP contribution in [0, 0.1) is 12.8 Å². The lowest BCUT2D eigenvalue weighted by atomic mass is 10.1. The van der Waals surface area contributed by atoms with E-state index in [1.54, 1.807) is 32.2 Å². The Morgan fingerprint density at radius 1 is 1.00 bits per heavy atom. The van der Waals surface area contributed by atoms with Gasteiger partial charge in [-0.2, -0.15) is 0 Å². The van der Waals surface area contributed by atoms with Crippen molar-refractivity contribution in [1.82, 2.24) is 15.5 Å². The number of rotatable bonds is 8. The van der Waals surface area contributed by atoms with E-state index >= 15 is 0 Å². The molecule has 0 radical (unpaired) electrons. The second-order valence-corrected chi connectivity index (χ2v) is 7.15. The molecule has 1 unspecified atom stereocenters. The van der Waals surface area contributed by atoms with Crippen LogP contribution in [-0.4, -0.2) is 41.5 Å². The predicted molar refractivity (Wildman–Crippen MR) is 110 cm³/mol. The van der Waals surface area contributed by atoms with Crippen molar-refractivity contribution in [3.8, 4) is 0 Å². The van der Waals surface area contributed by atoms with Crippen LogP contribution in [0.25, 0.3) is 0 Å². The van der Waals surface area contributed by atoms with Crippen LogP contribution in [0.1, 0.15) is 34.0 Å². The Bertz CT molecular complexity index is 865. The SMILES string of the molecule is Cc1ccc(CNC(=O)c2cccc(CNC(=O)N(C)CC(C)C(=O)O)c2)cc1. The number of aliphatic carboxylic acids is 1. The van der Waals surface area contributed by atoms with Crippen LogP contribution < -0.4 is 10.6 Å². The van der Waals surface area contributed by atoms with Crippen LogP contribution >= 0.6 is 0 Å². The number of carbonyl (C=O) groups is 3. The molecule has 2 rings (SSSR count). The maximum absolute atomic E-state index is 12.4. The maximum atomic E-state index is 12.4. The molecule has 0 aromatic heterocycles. The second-order valence-electron chi connectivity index (χ2n) is 7.15. The van der Waals surface area contributed by atoms with Crippen molar-refractivity contribution in [2.24, 2.45) is 5.92 Å². The van der Waals surface area contributed by atoms with Gasteiger partial charge in [-0.15, -0.1) is 0 Å². The van der Waals surface area contributed by atoms with E-state index < -0.39 is 11.9 Å². The van der Waals surface area contributed by atoms with Crippen molar-refractivity contribution in [3.05, 3.63) is 70.8 Å². The summed E-state index contributed by atoms with van der Waals surface area (Å²) in [5.41, 5.74) is 3.47. The fraction of sp³-hybridized carbons (Fsp3) is 0.318. The van der Waals surface area contributed by atoms with E-state index in [-0.39, 0.29) is 25.0 Å². The number of benzene rings is 2. The molecule has 0 aliphatic carbocycles. The molecule has 0 aliphatic heterocycles. The third-order valence-electron chi connectivity index (χ3n) is 4.52. The van der Waals surface area contributed by atoms with Gasteiger partial charge in [0, 0.05) is 32.2 Å². The summed E-state index contributed by atoms with van der Waals surface area (Å²) in [7, 11) is 1.55. The molecule has 0 heterocycles. The first-order valence-electron chi connectivity index (χ1n) is 9.40. The molecule has 2 aromatic rings. The highest BCUT2D eigenvalue weighted by Gasteiger charge is 2.17. The summed E-state index contributed by atoms with van der Waals surface area (Å²) in [5, 5.41) is 14.6. The molecule has 3 N–H and O–H groups in total. The Kier molecular flexibility index (Phi) is 7.77. The number of carboxylic acids is 1. The first-order valence-corrected chi connectivity index (χ1v) is 9.40. The molecular weight excluding hydrogens is 370 g/mol. The van der Waals surface area contributed by atoms with Gasteiger partial charge >= 0.3 is 12.0 Å². The number of nitrogens with zero attached hydrogens (tertiary/aromatic N) is 1. The third kappa shape index (κ3) is 6.95. The van der Waals surface area contributed by atoms with Crippen LogP contribution in [0.15, 0.2) is 48.5 Å². The van der Waals surface area contributed by atoms with Gasteiger partial charge in [-0.05, 0) is 30.2 Å². The van der Waals surface area contributed by atoms with Crippen LogP contribution in [-0.2, 0) is 17.9 Å². The lowest BCUT2D eigenvalue weighted by Crippen LogP contribution is -2.40. The van der Waals surface area contributed by atoms with E-state index in [0.717, 1.165) is 16.7 Å². The first-order chi connectivity index (χ1) is 13.8. The molecule has 7 heteroatoms. The summed E-state index contributed by atoms with van der Waals surface area (Å²) in [6, 6.07) is 14.6. The van der Waals surface area contributed by atoms with Crippen molar-refractivity contribution in [2.45, 2.75) is 26.9 Å². The molecule has 7 nitrogen and oxygen atoms in total. The Morgan fingerprint density at radius 2 is 1.66 bits per heavy atom. The zero-order chi connectivity index (χ0) is 21.4. The molecule has 29 heavy (non-hydrogen) atoms. The normalized spacial score (nSPS) is 11.4. The molecule has 0 spiro atoms. The number of carboxylic acid groups (broad SMARTS) is 1. The first kappa shape index (κ1) is 21.9. The summed E-state index contributed by atoms with van der Waals surface area (Å²) in [6.45, 7) is 4.35. The van der Waals surface area contributed by atoms with E-state index in [1.165, 1.54) is 4.90 Å². The van der Waals surface area contributed by atoms with Crippen LogP contribution in [0.5, 0.6) is 0 Å². The lowest BCUT2D eigenvalue weighted by Gasteiger charge is -2.20. The highest BCUT2D eigenvalue weighted by Crippen LogP contribution is 2.08. The average molecular weight is 397 g/mol. The van der Waals surface area contributed by atoms with Gasteiger partial charge < -0.3 is 20.6 Å². The van der Waals surface area contributed by atoms with Gasteiger partial charge in [0.1, 0.15) is 0 Å². The standard InChI is InChI=1S/C22H27N3O4/c1-15-7-9-17(10-8-15)12-23-20(26)19-6-4-5-18(11-19)13-24-22(29)25(3)14-16(2)21(27)28/h4-11,16H,12-14H2,1-3H3,(H,23,26)(H,24,29)(H,27,28). The van der Waals surface area contributed by atoms with Crippen molar-refractivity contribution >= 4 is 17.9 Å². The number of carbonyl (C=O) groups excluding carboxylic acids is 2. The molecule has 0 bridgehead atoms. The summed E-state index contributed by atoms with van der Waals surface area (Å²) in [5.74, 6) is -1.79. The van der Waals surface area contributed by atoms with E-state index in [9.17, 15) is 14.4 Å². The highest BCUT2D eigenvalue weighted by molar-refractivity contribution is 5.94. The van der Waals surface area contributed by atoms with Crippen LogP contribution in [0.2, 0.25) is 0 Å². The van der Waals surface area contributed by atoms with E-state index in [1.807, 2.05) is 37.3 Å². The molecule has 154 valence electrons. The molecule has 1 atom stereocenters. The Hall–Kier alpha value is -3.35. The zero-order valence-electron chi connectivity index (χ0n) is 16.9. The number of urea groups is 1. The summed E-state index contributed by atoms with van der Waals surface area (Å²) in [4.78, 5) is 36.8. The van der Waals surface area contributed by atoms with Gasteiger partial charge in [0.2, 0.25) is 0 Å². The second kappa shape index (κ2) is 10.3. The molecule has 2 aromatic carbocycles. The summed E-state index contributed by atoms with van der Waals surface area (Å²) >= 11 is 0. The van der Waals surface area contributed by atoms with Gasteiger partial charge in [0.25, 0.3) is 5.91 Å². The van der Waals surface area contributed by atoms with Crippen molar-refractivity contribution in [2.75, 3.05) is 13.6 Å². The quantitative estimate of drug-likeness (QED) is 0.638. The van der Waals surface area contributed by atoms with Crippen molar-refractivity contribution in [1.29, 1.82) is 0 Å². The maximum Gasteiger partial charge on any atom is 0.317 e. The minimum atomic E-state index is -0.950. The third-order valence-corrected chi connectivity index (χ3v) is 4.52. The van der Waals surface area contributed by atoms with Crippen molar-refractivity contribution in [3.63, 3.8) is 0 Å². The highest BCUT2D eigenvalue weighted by atomic mass is 16.4. The van der Waals surface area contributed by atoms with E-state index in [0.29, 0.717) is 12.1 Å². The van der Waals surface area contributed by atoms with Gasteiger partial charge in [-0.3, -0.25) is 9.59 Å². The fourth-order valence-electron chi connectivity index (χ4n) is 2.70. The number of hydrogen-bond acceptors (Lipinski definition) is 3. The summed E-state index contributed by atoms with van der Waals surface area (Å²) in [6.07, 6.45) is 0. The minimum Gasteiger partial charge on any atom is -0.481 e.